The van der Waals surface area contributed by atoms with Crippen molar-refractivity contribution < 1.29 is 0 Å². The zero-order chi connectivity index (χ0) is 9.14. The van der Waals surface area contributed by atoms with Crippen molar-refractivity contribution in [2.75, 3.05) is 18.5 Å². The van der Waals surface area contributed by atoms with Gasteiger partial charge in [0.1, 0.15) is 0 Å². The van der Waals surface area contributed by atoms with Crippen LogP contribution in [-0.4, -0.2) is 13.3 Å². The van der Waals surface area contributed by atoms with E-state index in [1.165, 1.54) is 0 Å². The Hall–Kier alpha value is -1.03. The Balaban J connectivity index is 3.27. The minimum Gasteiger partial charge on any atom is -0.399 e. The third-order valence-corrected chi connectivity index (χ3v) is 2.11. The molecule has 0 aromatic heterocycles. The normalized spacial score (nSPS) is 10.8. The van der Waals surface area contributed by atoms with Crippen LogP contribution in [0.2, 0.25) is 0 Å². The highest BCUT2D eigenvalue weighted by atomic mass is 79.9. The number of nitrogens with zero attached hydrogens (tertiary/aromatic N) is 1. The van der Waals surface area contributed by atoms with Crippen LogP contribution in [0.3, 0.4) is 0 Å². The molecule has 0 bridgehead atoms. The number of hydrogen-bond donors (Lipinski definition) is 2. The van der Waals surface area contributed by atoms with E-state index in [0.29, 0.717) is 11.4 Å². The molecule has 0 amide bonds. The fraction of sp³-hybridized carbons (Fsp3) is 0.125. The van der Waals surface area contributed by atoms with E-state index in [1.807, 2.05) is 0 Å². The van der Waals surface area contributed by atoms with Gasteiger partial charge in [0, 0.05) is 29.0 Å². The highest BCUT2D eigenvalue weighted by molar-refractivity contribution is 9.10. The minimum absolute atomic E-state index is 0.662. The van der Waals surface area contributed by atoms with E-state index >= 15 is 0 Å². The van der Waals surface area contributed by atoms with Crippen molar-refractivity contribution >= 4 is 33.5 Å². The van der Waals surface area contributed by atoms with Crippen molar-refractivity contribution in [1.29, 1.82) is 0 Å². The smallest absolute Gasteiger partial charge is 0.0549 e. The summed E-state index contributed by atoms with van der Waals surface area (Å²) in [7, 11) is 1.69. The van der Waals surface area contributed by atoms with Crippen LogP contribution in [0.1, 0.15) is 5.56 Å². The molecule has 0 aliphatic rings. The summed E-state index contributed by atoms with van der Waals surface area (Å²) in [5, 5.41) is 0. The molecule has 12 heavy (non-hydrogen) atoms. The summed E-state index contributed by atoms with van der Waals surface area (Å²) in [5.41, 5.74) is 13.5. The van der Waals surface area contributed by atoms with Crippen molar-refractivity contribution in [3.8, 4) is 0 Å². The minimum atomic E-state index is 0.662. The zero-order valence-corrected chi connectivity index (χ0v) is 8.30. The number of anilines is 2. The van der Waals surface area contributed by atoms with Gasteiger partial charge in [-0.1, -0.05) is 0 Å². The number of nitrogen functional groups attached to an aromatic ring is 2. The van der Waals surface area contributed by atoms with Crippen LogP contribution in [0, 0.1) is 0 Å². The van der Waals surface area contributed by atoms with Crippen LogP contribution < -0.4 is 11.5 Å². The fourth-order valence-corrected chi connectivity index (χ4v) is 1.40. The van der Waals surface area contributed by atoms with E-state index in [2.05, 4.69) is 20.9 Å². The van der Waals surface area contributed by atoms with Crippen LogP contribution in [-0.2, 0) is 0 Å². The summed E-state index contributed by atoms with van der Waals surface area (Å²) in [6, 6.07) is 3.55. The lowest BCUT2D eigenvalue weighted by molar-refractivity contribution is 1.46. The predicted octanol–water partition coefficient (Wildman–Crippen LogP) is 1.66. The summed E-state index contributed by atoms with van der Waals surface area (Å²) in [6.07, 6.45) is 1.68. The van der Waals surface area contributed by atoms with Gasteiger partial charge in [-0.2, -0.15) is 0 Å². The lowest BCUT2D eigenvalue weighted by Gasteiger charge is -2.03. The molecular weight excluding hydrogens is 218 g/mol. The van der Waals surface area contributed by atoms with Gasteiger partial charge in [0.25, 0.3) is 0 Å². The van der Waals surface area contributed by atoms with Crippen molar-refractivity contribution in [3.63, 3.8) is 0 Å². The third kappa shape index (κ3) is 1.76. The Kier molecular flexibility index (Phi) is 2.70. The van der Waals surface area contributed by atoms with Gasteiger partial charge >= 0.3 is 0 Å². The van der Waals surface area contributed by atoms with Gasteiger partial charge in [0.15, 0.2) is 0 Å². The van der Waals surface area contributed by atoms with Gasteiger partial charge in [0.05, 0.1) is 5.69 Å². The molecule has 0 unspecified atom stereocenters. The fourth-order valence-electron chi connectivity index (χ4n) is 0.907. The van der Waals surface area contributed by atoms with E-state index in [9.17, 15) is 0 Å². The SMILES string of the molecule is C/N=C\c1cc(N)cc(Br)c1N. The molecule has 0 saturated carbocycles. The second kappa shape index (κ2) is 3.58. The maximum atomic E-state index is 5.74. The molecule has 0 aliphatic heterocycles. The standard InChI is InChI=1S/C8H10BrN3/c1-12-4-5-2-6(10)3-7(9)8(5)11/h2-4H,10-11H2,1H3/b12-4-. The highest BCUT2D eigenvalue weighted by Crippen LogP contribution is 2.25. The molecule has 0 radical (unpaired) electrons. The number of halogens is 1. The number of benzene rings is 1. The summed E-state index contributed by atoms with van der Waals surface area (Å²) < 4.78 is 0.803. The molecule has 4 N–H and O–H groups in total. The molecule has 0 spiro atoms. The molecule has 0 aliphatic carbocycles. The van der Waals surface area contributed by atoms with Gasteiger partial charge in [0.2, 0.25) is 0 Å². The Bertz CT molecular complexity index is 320. The Morgan fingerprint density at radius 1 is 1.42 bits per heavy atom. The Morgan fingerprint density at radius 2 is 2.08 bits per heavy atom. The first-order chi connectivity index (χ1) is 5.65. The van der Waals surface area contributed by atoms with E-state index < -0.39 is 0 Å². The molecule has 3 nitrogen and oxygen atoms in total. The average Bonchev–Trinajstić information content (AvgIpc) is 2.00. The van der Waals surface area contributed by atoms with E-state index in [1.54, 1.807) is 25.4 Å². The van der Waals surface area contributed by atoms with Crippen LogP contribution in [0.5, 0.6) is 0 Å². The van der Waals surface area contributed by atoms with Crippen LogP contribution in [0.15, 0.2) is 21.6 Å². The number of nitrogens with two attached hydrogens (primary N) is 2. The van der Waals surface area contributed by atoms with Gasteiger partial charge < -0.3 is 11.5 Å². The zero-order valence-electron chi connectivity index (χ0n) is 6.71. The third-order valence-electron chi connectivity index (χ3n) is 1.45. The van der Waals surface area contributed by atoms with Crippen molar-refractivity contribution in [3.05, 3.63) is 22.2 Å². The first kappa shape index (κ1) is 9.06. The maximum Gasteiger partial charge on any atom is 0.0549 e. The topological polar surface area (TPSA) is 64.4 Å². The Labute approximate surface area is 79.6 Å². The van der Waals surface area contributed by atoms with Crippen LogP contribution >= 0.6 is 15.9 Å². The van der Waals surface area contributed by atoms with E-state index in [4.69, 9.17) is 11.5 Å². The van der Waals surface area contributed by atoms with Crippen molar-refractivity contribution in [2.45, 2.75) is 0 Å². The monoisotopic (exact) mass is 227 g/mol. The first-order valence-corrected chi connectivity index (χ1v) is 4.21. The lowest BCUT2D eigenvalue weighted by atomic mass is 10.2. The molecule has 0 heterocycles. The maximum absolute atomic E-state index is 5.74. The van der Waals surface area contributed by atoms with Crippen LogP contribution in [0.4, 0.5) is 11.4 Å². The summed E-state index contributed by atoms with van der Waals surface area (Å²) in [4.78, 5) is 3.87. The number of hydrogen-bond acceptors (Lipinski definition) is 3. The second-order valence-corrected chi connectivity index (χ2v) is 3.25. The van der Waals surface area contributed by atoms with E-state index in [0.717, 1.165) is 10.0 Å². The van der Waals surface area contributed by atoms with Gasteiger partial charge in [-0.25, -0.2) is 0 Å². The van der Waals surface area contributed by atoms with Gasteiger partial charge in [-0.3, -0.25) is 4.99 Å². The molecule has 1 rings (SSSR count). The van der Waals surface area contributed by atoms with E-state index in [-0.39, 0.29) is 0 Å². The summed E-state index contributed by atoms with van der Waals surface area (Å²) in [6.45, 7) is 0. The molecule has 64 valence electrons. The molecule has 4 heteroatoms. The molecule has 0 fully saturated rings. The summed E-state index contributed by atoms with van der Waals surface area (Å²) in [5.74, 6) is 0. The molecule has 0 atom stereocenters. The molecule has 0 saturated heterocycles. The molecule has 1 aromatic rings. The van der Waals surface area contributed by atoms with Gasteiger partial charge in [-0.05, 0) is 28.1 Å². The number of aliphatic imine (C=N–C) groups is 1. The second-order valence-electron chi connectivity index (χ2n) is 2.39. The van der Waals surface area contributed by atoms with Crippen molar-refractivity contribution in [1.82, 2.24) is 0 Å². The highest BCUT2D eigenvalue weighted by Gasteiger charge is 2.01. The number of rotatable bonds is 1. The quantitative estimate of drug-likeness (QED) is 0.567. The van der Waals surface area contributed by atoms with Gasteiger partial charge in [-0.15, -0.1) is 0 Å². The molecular formula is C8H10BrN3. The van der Waals surface area contributed by atoms with Crippen LogP contribution in [0.25, 0.3) is 0 Å². The molecule has 1 aromatic carbocycles. The lowest BCUT2D eigenvalue weighted by Crippen LogP contribution is -1.97. The Morgan fingerprint density at radius 3 is 2.67 bits per heavy atom. The van der Waals surface area contributed by atoms with Crippen molar-refractivity contribution in [2.24, 2.45) is 4.99 Å². The first-order valence-electron chi connectivity index (χ1n) is 3.42. The largest absolute Gasteiger partial charge is 0.399 e. The predicted molar refractivity (Wildman–Crippen MR) is 56.5 cm³/mol. The average molecular weight is 228 g/mol. The summed E-state index contributed by atoms with van der Waals surface area (Å²) >= 11 is 3.30.